The van der Waals surface area contributed by atoms with Gasteiger partial charge in [-0.05, 0) is 55.2 Å². The monoisotopic (exact) mass is 431 g/mol. The van der Waals surface area contributed by atoms with E-state index >= 15 is 0 Å². The molecule has 0 atom stereocenters. The van der Waals surface area contributed by atoms with Gasteiger partial charge in [-0.25, -0.2) is 9.53 Å². The predicted octanol–water partition coefficient (Wildman–Crippen LogP) is 4.60. The van der Waals surface area contributed by atoms with E-state index in [1.165, 1.54) is 18.9 Å². The lowest BCUT2D eigenvalue weighted by Crippen LogP contribution is -2.21. The quantitative estimate of drug-likeness (QED) is 0.171. The average molecular weight is 431 g/mol. The van der Waals surface area contributed by atoms with Gasteiger partial charge in [-0.15, -0.1) is 0 Å². The largest absolute Gasteiger partial charge is 0.624 e. The molecule has 4 rings (SSSR count). The van der Waals surface area contributed by atoms with E-state index in [0.29, 0.717) is 33.8 Å². The molecule has 6 nitrogen and oxygen atoms in total. The smallest absolute Gasteiger partial charge is 0.345 e. The molecule has 164 valence electrons. The molecule has 1 heterocycles. The maximum absolute atomic E-state index is 12.8. The first kappa shape index (κ1) is 21.4. The van der Waals surface area contributed by atoms with E-state index in [1.54, 1.807) is 19.3 Å². The molecule has 1 aliphatic carbocycles. The molecule has 0 amide bonds. The number of nitrogens with zero attached hydrogens (tertiary/aromatic N) is 1. The van der Waals surface area contributed by atoms with Gasteiger partial charge in [0.15, 0.2) is 0 Å². The Morgan fingerprint density at radius 3 is 2.59 bits per heavy atom. The van der Waals surface area contributed by atoms with E-state index in [-0.39, 0.29) is 17.9 Å². The summed E-state index contributed by atoms with van der Waals surface area (Å²) in [5, 5.41) is 12.5. The fraction of sp³-hybridized carbons (Fsp3) is 0.231. The summed E-state index contributed by atoms with van der Waals surface area (Å²) in [7, 11) is 1.38. The Balaban J connectivity index is 1.62. The molecular weight excluding hydrogens is 406 g/mol. The molecule has 1 aromatic heterocycles. The summed E-state index contributed by atoms with van der Waals surface area (Å²) < 4.78 is 17.2. The topological polar surface area (TPSA) is 74.7 Å². The van der Waals surface area contributed by atoms with E-state index < -0.39 is 5.97 Å². The Morgan fingerprint density at radius 2 is 1.91 bits per heavy atom. The van der Waals surface area contributed by atoms with Crippen molar-refractivity contribution in [1.29, 1.82) is 0 Å². The molecule has 0 radical (unpaired) electrons. The first-order chi connectivity index (χ1) is 15.6. The van der Waals surface area contributed by atoms with Crippen LogP contribution in [0.2, 0.25) is 0 Å². The molecular formula is C26H25NO5. The van der Waals surface area contributed by atoms with Crippen LogP contribution in [0.4, 0.5) is 0 Å². The second-order valence-electron chi connectivity index (χ2n) is 7.47. The van der Waals surface area contributed by atoms with Crippen molar-refractivity contribution in [2.45, 2.75) is 19.8 Å². The van der Waals surface area contributed by atoms with Gasteiger partial charge in [0.2, 0.25) is 5.71 Å². The zero-order valence-corrected chi connectivity index (χ0v) is 18.2. The summed E-state index contributed by atoms with van der Waals surface area (Å²) in [4.78, 5) is 12.8. The van der Waals surface area contributed by atoms with Crippen molar-refractivity contribution in [3.05, 3.63) is 100 Å². The highest BCUT2D eigenvalue weighted by atomic mass is 16.5. The number of carbonyl (C=O) groups excluding carboxylic acids is 1. The summed E-state index contributed by atoms with van der Waals surface area (Å²) in [6.07, 6.45) is 4.88. The lowest BCUT2D eigenvalue weighted by molar-refractivity contribution is -0.421. The van der Waals surface area contributed by atoms with Gasteiger partial charge in [0.05, 0.1) is 31.3 Å². The van der Waals surface area contributed by atoms with Crippen molar-refractivity contribution in [2.24, 2.45) is 0 Å². The number of benzene rings is 2. The normalized spacial score (nSPS) is 14.3. The Morgan fingerprint density at radius 1 is 1.09 bits per heavy atom. The van der Waals surface area contributed by atoms with Crippen LogP contribution in [0.1, 0.15) is 35.6 Å². The van der Waals surface area contributed by atoms with Crippen LogP contribution in [0.5, 0.6) is 5.75 Å². The summed E-state index contributed by atoms with van der Waals surface area (Å²) in [6, 6.07) is 17.6. The minimum Gasteiger partial charge on any atom is -0.624 e. The Kier molecular flexibility index (Phi) is 6.40. The fourth-order valence-electron chi connectivity index (χ4n) is 3.96. The summed E-state index contributed by atoms with van der Waals surface area (Å²) in [6.45, 7) is 2.49. The minimum absolute atomic E-state index is 0.211. The van der Waals surface area contributed by atoms with Gasteiger partial charge in [0.25, 0.3) is 0 Å². The van der Waals surface area contributed by atoms with E-state index in [4.69, 9.17) is 13.9 Å². The fourth-order valence-corrected chi connectivity index (χ4v) is 3.96. The lowest BCUT2D eigenvalue weighted by Gasteiger charge is -2.10. The summed E-state index contributed by atoms with van der Waals surface area (Å²) >= 11 is 0. The average Bonchev–Trinajstić information content (AvgIpc) is 3.43. The third kappa shape index (κ3) is 4.30. The maximum atomic E-state index is 12.8. The SMILES string of the molecule is CCOC(=O)C1=C(c2ccoc2)c2ccc(OCCCc3ccccc3)cc2/C1=[N+](/C)[O-]. The molecule has 6 heteroatoms. The second kappa shape index (κ2) is 9.56. The van der Waals surface area contributed by atoms with E-state index in [1.807, 2.05) is 36.4 Å². The van der Waals surface area contributed by atoms with Crippen LogP contribution in [-0.4, -0.2) is 36.7 Å². The minimum atomic E-state index is -0.539. The van der Waals surface area contributed by atoms with Crippen LogP contribution in [0.25, 0.3) is 5.57 Å². The van der Waals surface area contributed by atoms with Gasteiger partial charge in [-0.3, -0.25) is 0 Å². The van der Waals surface area contributed by atoms with Gasteiger partial charge >= 0.3 is 5.97 Å². The number of rotatable bonds is 8. The molecule has 0 saturated carbocycles. The first-order valence-electron chi connectivity index (χ1n) is 10.6. The molecule has 0 fully saturated rings. The Hall–Kier alpha value is -3.80. The third-order valence-corrected chi connectivity index (χ3v) is 5.33. The standard InChI is InChI=1S/C26H25NO5/c1-3-31-26(28)24-23(19-13-15-30-17-19)21-12-11-20(16-22(21)25(24)27(2)29)32-14-7-10-18-8-5-4-6-9-18/h4-6,8-9,11-13,15-17H,3,7,10,14H2,1-2H3/b27-25+. The van der Waals surface area contributed by atoms with Crippen LogP contribution in [0.15, 0.2) is 77.1 Å². The molecule has 0 N–H and O–H groups in total. The van der Waals surface area contributed by atoms with Crippen molar-refractivity contribution >= 4 is 17.3 Å². The Labute approximate surface area is 187 Å². The molecule has 1 aliphatic rings. The number of hydroxylamine groups is 1. The zero-order chi connectivity index (χ0) is 22.5. The van der Waals surface area contributed by atoms with Crippen molar-refractivity contribution in [3.8, 4) is 5.75 Å². The Bertz CT molecular complexity index is 1160. The van der Waals surface area contributed by atoms with Crippen LogP contribution < -0.4 is 4.74 Å². The third-order valence-electron chi connectivity index (χ3n) is 5.33. The van der Waals surface area contributed by atoms with Crippen LogP contribution in [-0.2, 0) is 16.0 Å². The first-order valence-corrected chi connectivity index (χ1v) is 10.6. The molecule has 0 aliphatic heterocycles. The van der Waals surface area contributed by atoms with Crippen molar-refractivity contribution < 1.29 is 23.4 Å². The van der Waals surface area contributed by atoms with Gasteiger partial charge in [0, 0.05) is 11.1 Å². The highest BCUT2D eigenvalue weighted by Crippen LogP contribution is 2.40. The number of carbonyl (C=O) groups is 1. The van der Waals surface area contributed by atoms with Crippen molar-refractivity contribution in [2.75, 3.05) is 20.3 Å². The summed E-state index contributed by atoms with van der Waals surface area (Å²) in [5.41, 5.74) is 4.52. The molecule has 32 heavy (non-hydrogen) atoms. The lowest BCUT2D eigenvalue weighted by atomic mass is 10.00. The van der Waals surface area contributed by atoms with Crippen molar-refractivity contribution in [3.63, 3.8) is 0 Å². The predicted molar refractivity (Wildman–Crippen MR) is 122 cm³/mol. The van der Waals surface area contributed by atoms with Gasteiger partial charge in [-0.2, -0.15) is 0 Å². The second-order valence-corrected chi connectivity index (χ2v) is 7.47. The zero-order valence-electron chi connectivity index (χ0n) is 18.2. The number of furan rings is 1. The van der Waals surface area contributed by atoms with Crippen LogP contribution in [0.3, 0.4) is 0 Å². The van der Waals surface area contributed by atoms with E-state index in [2.05, 4.69) is 12.1 Å². The number of fused-ring (bicyclic) bond motifs is 1. The van der Waals surface area contributed by atoms with E-state index in [9.17, 15) is 10.0 Å². The molecule has 0 saturated heterocycles. The number of aryl methyl sites for hydroxylation is 1. The number of ether oxygens (including phenoxy) is 2. The van der Waals surface area contributed by atoms with Gasteiger partial charge in [0.1, 0.15) is 18.4 Å². The van der Waals surface area contributed by atoms with Crippen molar-refractivity contribution in [1.82, 2.24) is 0 Å². The summed E-state index contributed by atoms with van der Waals surface area (Å²) in [5.74, 6) is 0.107. The van der Waals surface area contributed by atoms with E-state index in [0.717, 1.165) is 18.4 Å². The highest BCUT2D eigenvalue weighted by Gasteiger charge is 2.39. The maximum Gasteiger partial charge on any atom is 0.345 e. The molecule has 0 spiro atoms. The van der Waals surface area contributed by atoms with Gasteiger partial charge < -0.3 is 19.1 Å². The molecule has 0 unspecified atom stereocenters. The van der Waals surface area contributed by atoms with Crippen LogP contribution in [0, 0.1) is 5.21 Å². The van der Waals surface area contributed by atoms with Gasteiger partial charge in [-0.1, -0.05) is 30.3 Å². The molecule has 0 bridgehead atoms. The number of hydrogen-bond acceptors (Lipinski definition) is 5. The number of esters is 1. The molecule has 2 aromatic carbocycles. The highest BCUT2D eigenvalue weighted by molar-refractivity contribution is 6.35. The molecule has 3 aromatic rings. The van der Waals surface area contributed by atoms with Crippen LogP contribution >= 0.6 is 0 Å². The number of hydrogen-bond donors (Lipinski definition) is 0.